The van der Waals surface area contributed by atoms with Gasteiger partial charge in [0.2, 0.25) is 11.8 Å². The Morgan fingerprint density at radius 2 is 1.45 bits per heavy atom. The van der Waals surface area contributed by atoms with E-state index in [4.69, 9.17) is 42.6 Å². The molecule has 0 radical (unpaired) electrons. The van der Waals surface area contributed by atoms with Crippen molar-refractivity contribution in [2.45, 2.75) is 38.4 Å². The smallest absolute Gasteiger partial charge is 0.237 e. The fourth-order valence-corrected chi connectivity index (χ4v) is 6.19. The second-order valence-corrected chi connectivity index (χ2v) is 11.8. The number of halogens is 2. The normalized spacial score (nSPS) is 16.5. The molecule has 0 saturated carbocycles. The molecule has 0 bridgehead atoms. The summed E-state index contributed by atoms with van der Waals surface area (Å²) >= 11 is 14.1. The first kappa shape index (κ1) is 30.3. The molecule has 6 rings (SSSR count). The van der Waals surface area contributed by atoms with Crippen molar-refractivity contribution in [1.82, 2.24) is 35.5 Å². The summed E-state index contributed by atoms with van der Waals surface area (Å²) in [4.78, 5) is 21.2. The third kappa shape index (κ3) is 6.37. The van der Waals surface area contributed by atoms with Gasteiger partial charge in [-0.25, -0.2) is 9.97 Å². The fourth-order valence-electron chi connectivity index (χ4n) is 5.54. The minimum absolute atomic E-state index is 0.371. The minimum atomic E-state index is 0.371. The molecule has 44 heavy (non-hydrogen) atoms. The van der Waals surface area contributed by atoms with E-state index in [-0.39, 0.29) is 0 Å². The average Bonchev–Trinajstić information content (AvgIpc) is 3.44. The van der Waals surface area contributed by atoms with E-state index >= 15 is 0 Å². The van der Waals surface area contributed by atoms with Crippen molar-refractivity contribution < 1.29 is 9.47 Å². The summed E-state index contributed by atoms with van der Waals surface area (Å²) in [6, 6.07) is 11.9. The Morgan fingerprint density at radius 3 is 1.98 bits per heavy atom. The van der Waals surface area contributed by atoms with E-state index in [1.54, 1.807) is 26.6 Å². The Bertz CT molecular complexity index is 1680. The van der Waals surface area contributed by atoms with Gasteiger partial charge in [0.05, 0.1) is 48.0 Å². The van der Waals surface area contributed by atoms with Crippen LogP contribution in [0.25, 0.3) is 33.6 Å². The lowest BCUT2D eigenvalue weighted by Crippen LogP contribution is -2.36. The van der Waals surface area contributed by atoms with Gasteiger partial charge in [0.15, 0.2) is 0 Å². The summed E-state index contributed by atoms with van der Waals surface area (Å²) in [5, 5.41) is 7.87. The number of hydrogen-bond acceptors (Lipinski definition) is 9. The Kier molecular flexibility index (Phi) is 9.28. The number of rotatable bonds is 11. The second-order valence-electron chi connectivity index (χ2n) is 11.0. The first-order chi connectivity index (χ1) is 21.4. The first-order valence-electron chi connectivity index (χ1n) is 14.7. The number of benzene rings is 2. The van der Waals surface area contributed by atoms with Crippen LogP contribution in [-0.2, 0) is 13.1 Å². The van der Waals surface area contributed by atoms with Gasteiger partial charge in [-0.15, -0.1) is 0 Å². The molecule has 228 valence electrons. The summed E-state index contributed by atoms with van der Waals surface area (Å²) in [6.07, 6.45) is 6.76. The second kappa shape index (κ2) is 13.5. The Balaban J connectivity index is 1.25. The zero-order valence-corrected chi connectivity index (χ0v) is 26.4. The van der Waals surface area contributed by atoms with Gasteiger partial charge in [-0.2, -0.15) is 0 Å². The molecule has 2 saturated heterocycles. The lowest BCUT2D eigenvalue weighted by Gasteiger charge is -2.30. The van der Waals surface area contributed by atoms with Gasteiger partial charge < -0.3 is 20.1 Å². The van der Waals surface area contributed by atoms with Gasteiger partial charge >= 0.3 is 0 Å². The van der Waals surface area contributed by atoms with Crippen LogP contribution in [0.5, 0.6) is 11.8 Å². The molecule has 2 aromatic carbocycles. The van der Waals surface area contributed by atoms with Crippen molar-refractivity contribution in [2.24, 2.45) is 0 Å². The molecule has 2 fully saturated rings. The molecule has 1 atom stereocenters. The third-order valence-corrected chi connectivity index (χ3v) is 8.87. The van der Waals surface area contributed by atoms with E-state index in [2.05, 4.69) is 32.1 Å². The van der Waals surface area contributed by atoms with Crippen molar-refractivity contribution in [3.05, 3.63) is 82.5 Å². The summed E-state index contributed by atoms with van der Waals surface area (Å²) in [5.74, 6) is 0.952. The molecule has 4 heterocycles. The number of nitrogens with one attached hydrogen (secondary N) is 2. The lowest BCUT2D eigenvalue weighted by atomic mass is 9.98. The van der Waals surface area contributed by atoms with Crippen LogP contribution in [0, 0.1) is 0 Å². The number of likely N-dealkylation sites (tertiary alicyclic amines) is 1. The Hall–Kier alpha value is -3.76. The van der Waals surface area contributed by atoms with E-state index in [1.165, 1.54) is 6.42 Å². The average molecular weight is 633 g/mol. The number of methoxy groups -OCH3 is 2. The van der Waals surface area contributed by atoms with Gasteiger partial charge in [0.1, 0.15) is 11.4 Å². The molecule has 4 aromatic rings. The predicted octanol–water partition coefficient (Wildman–Crippen LogP) is 6.15. The molecule has 2 aliphatic heterocycles. The van der Waals surface area contributed by atoms with Crippen LogP contribution in [-0.4, -0.2) is 64.7 Å². The molecule has 9 nitrogen and oxygen atoms in total. The maximum atomic E-state index is 7.04. The molecule has 2 aromatic heterocycles. The maximum Gasteiger partial charge on any atom is 0.237 e. The van der Waals surface area contributed by atoms with Gasteiger partial charge in [-0.3, -0.25) is 14.9 Å². The van der Waals surface area contributed by atoms with E-state index < -0.39 is 0 Å². The topological polar surface area (TPSA) is 97.3 Å². The molecule has 0 amide bonds. The minimum Gasteiger partial charge on any atom is -0.480 e. The van der Waals surface area contributed by atoms with Gasteiger partial charge in [0.25, 0.3) is 0 Å². The molecular formula is C33H35Cl2N7O2. The predicted molar refractivity (Wildman–Crippen MR) is 174 cm³/mol. The fraction of sp³-hybridized carbons (Fsp3) is 0.333. The molecule has 2 aliphatic rings. The molecule has 11 heteroatoms. The number of hydrogen-bond donors (Lipinski definition) is 2. The zero-order chi connectivity index (χ0) is 30.6. The zero-order valence-electron chi connectivity index (χ0n) is 24.9. The van der Waals surface area contributed by atoms with E-state index in [0.29, 0.717) is 52.3 Å². The van der Waals surface area contributed by atoms with Crippen LogP contribution in [0.2, 0.25) is 10.0 Å². The number of aromatic nitrogens is 4. The van der Waals surface area contributed by atoms with Crippen molar-refractivity contribution in [3.8, 4) is 45.4 Å². The van der Waals surface area contributed by atoms with Gasteiger partial charge in [-0.05, 0) is 32.4 Å². The lowest BCUT2D eigenvalue weighted by molar-refractivity contribution is 0.167. The monoisotopic (exact) mass is 631 g/mol. The molecular weight excluding hydrogens is 597 g/mol. The van der Waals surface area contributed by atoms with E-state index in [9.17, 15) is 0 Å². The quantitative estimate of drug-likeness (QED) is 0.202. The van der Waals surface area contributed by atoms with Crippen LogP contribution >= 0.6 is 23.2 Å². The summed E-state index contributed by atoms with van der Waals surface area (Å²) in [5.41, 5.74) is 6.86. The highest BCUT2D eigenvalue weighted by atomic mass is 35.5. The number of allylic oxidation sites excluding steroid dienone is 1. The highest BCUT2D eigenvalue weighted by molar-refractivity contribution is 6.39. The van der Waals surface area contributed by atoms with Crippen molar-refractivity contribution in [3.63, 3.8) is 0 Å². The highest BCUT2D eigenvalue weighted by Gasteiger charge is 2.21. The van der Waals surface area contributed by atoms with Gasteiger partial charge in [0, 0.05) is 53.6 Å². The third-order valence-electron chi connectivity index (χ3n) is 8.06. The van der Waals surface area contributed by atoms with Crippen molar-refractivity contribution in [1.29, 1.82) is 0 Å². The van der Waals surface area contributed by atoms with Crippen LogP contribution < -0.4 is 20.1 Å². The molecule has 0 aliphatic carbocycles. The number of nitrogens with zero attached hydrogens (tertiary/aromatic N) is 5. The summed E-state index contributed by atoms with van der Waals surface area (Å²) in [7, 11) is 3.21. The Labute approximate surface area is 267 Å². The maximum absolute atomic E-state index is 7.04. The van der Waals surface area contributed by atoms with Crippen molar-refractivity contribution in [2.75, 3.05) is 33.9 Å². The van der Waals surface area contributed by atoms with Crippen LogP contribution in [0.3, 0.4) is 0 Å². The van der Waals surface area contributed by atoms with Gasteiger partial charge in [-0.1, -0.05) is 66.2 Å². The van der Waals surface area contributed by atoms with Crippen LogP contribution in [0.4, 0.5) is 0 Å². The molecule has 0 spiro atoms. The van der Waals surface area contributed by atoms with Crippen molar-refractivity contribution >= 4 is 23.2 Å². The van der Waals surface area contributed by atoms with E-state index in [0.717, 1.165) is 71.8 Å². The Morgan fingerprint density at radius 1 is 0.886 bits per heavy atom. The molecule has 0 unspecified atom stereocenters. The summed E-state index contributed by atoms with van der Waals surface area (Å²) in [6.45, 7) is 8.18. The standard InChI is InChI=1S/C33H35Cl2N7O2/c1-20-11-12-21(39-20)15-36-16-28-32(43-2)40-26(17-37-28)24-9-4-7-22(30(24)34)23-8-5-10-25(31(23)35)27-18-38-29(33(41-27)44-3)19-42-13-6-14-42/h4-5,7-10,17-18,21,36,39H,1,6,11-16,19H2,2-3H3/t21-/m0/s1. The van der Waals surface area contributed by atoms with Crippen LogP contribution in [0.1, 0.15) is 30.7 Å². The first-order valence-corrected chi connectivity index (χ1v) is 15.5. The molecule has 2 N–H and O–H groups in total. The largest absolute Gasteiger partial charge is 0.480 e. The SMILES string of the molecule is C=C1CC[C@@H](CNCc2ncc(-c3cccc(-c4cccc(-c5cnc(CN6CCC6)c(OC)n5)c4Cl)c3Cl)nc2OC)N1. The van der Waals surface area contributed by atoms with Crippen LogP contribution in [0.15, 0.2) is 61.1 Å². The highest BCUT2D eigenvalue weighted by Crippen LogP contribution is 2.42. The van der Waals surface area contributed by atoms with E-state index in [1.807, 2.05) is 36.4 Å². The summed E-state index contributed by atoms with van der Waals surface area (Å²) < 4.78 is 11.2. The number of ether oxygens (including phenoxy) is 2.